The van der Waals surface area contributed by atoms with Gasteiger partial charge in [0.05, 0.1) is 0 Å². The number of aromatic nitrogens is 2. The van der Waals surface area contributed by atoms with Crippen molar-refractivity contribution in [1.82, 2.24) is 15.5 Å². The van der Waals surface area contributed by atoms with Crippen molar-refractivity contribution in [3.05, 3.63) is 5.01 Å². The van der Waals surface area contributed by atoms with Crippen molar-refractivity contribution in [2.45, 2.75) is 25.8 Å². The lowest BCUT2D eigenvalue weighted by Crippen LogP contribution is -2.36. The summed E-state index contributed by atoms with van der Waals surface area (Å²) in [5, 5.41) is 13.6. The van der Waals surface area contributed by atoms with E-state index in [1.165, 1.54) is 12.8 Å². The molecule has 1 aromatic heterocycles. The van der Waals surface area contributed by atoms with Gasteiger partial charge in [-0.2, -0.15) is 0 Å². The number of hydrogen-bond donors (Lipinski definition) is 1. The van der Waals surface area contributed by atoms with Crippen molar-refractivity contribution in [1.29, 1.82) is 0 Å². The van der Waals surface area contributed by atoms with Crippen molar-refractivity contribution in [3.63, 3.8) is 0 Å². The SMILES string of the molecule is CNCC1CCCN1c1nnc(C)s1. The molecule has 1 unspecified atom stereocenters. The highest BCUT2D eigenvalue weighted by Gasteiger charge is 2.26. The third kappa shape index (κ3) is 1.88. The van der Waals surface area contributed by atoms with Crippen LogP contribution in [0, 0.1) is 6.92 Å². The molecular formula is C9H16N4S. The van der Waals surface area contributed by atoms with Gasteiger partial charge in [0.1, 0.15) is 5.01 Å². The van der Waals surface area contributed by atoms with Crippen molar-refractivity contribution in [3.8, 4) is 0 Å². The van der Waals surface area contributed by atoms with Gasteiger partial charge in [-0.05, 0) is 26.8 Å². The zero-order valence-corrected chi connectivity index (χ0v) is 9.47. The van der Waals surface area contributed by atoms with Crippen LogP contribution in [0.3, 0.4) is 0 Å². The van der Waals surface area contributed by atoms with Gasteiger partial charge in [0.2, 0.25) is 5.13 Å². The summed E-state index contributed by atoms with van der Waals surface area (Å²) in [4.78, 5) is 2.38. The second kappa shape index (κ2) is 4.23. The van der Waals surface area contributed by atoms with E-state index >= 15 is 0 Å². The minimum absolute atomic E-state index is 0.604. The van der Waals surface area contributed by atoms with Gasteiger partial charge in [-0.1, -0.05) is 11.3 Å². The molecule has 1 aliphatic heterocycles. The molecule has 78 valence electrons. The van der Waals surface area contributed by atoms with Crippen LogP contribution in [-0.4, -0.2) is 36.4 Å². The van der Waals surface area contributed by atoms with E-state index in [2.05, 4.69) is 20.4 Å². The maximum Gasteiger partial charge on any atom is 0.208 e. The number of likely N-dealkylation sites (N-methyl/N-ethyl adjacent to an activating group) is 1. The average Bonchev–Trinajstić information content (AvgIpc) is 2.74. The summed E-state index contributed by atoms with van der Waals surface area (Å²) in [5.41, 5.74) is 0. The first-order chi connectivity index (χ1) is 6.81. The summed E-state index contributed by atoms with van der Waals surface area (Å²) in [6.07, 6.45) is 2.53. The molecule has 0 amide bonds. The number of nitrogens with zero attached hydrogens (tertiary/aromatic N) is 3. The predicted molar refractivity (Wildman–Crippen MR) is 58.9 cm³/mol. The van der Waals surface area contributed by atoms with Crippen LogP contribution in [0.2, 0.25) is 0 Å². The molecule has 0 bridgehead atoms. The molecule has 0 radical (unpaired) electrons. The minimum Gasteiger partial charge on any atom is -0.342 e. The van der Waals surface area contributed by atoms with Gasteiger partial charge in [-0.15, -0.1) is 10.2 Å². The minimum atomic E-state index is 0.604. The lowest BCUT2D eigenvalue weighted by atomic mass is 10.2. The Balaban J connectivity index is 2.09. The molecule has 0 aromatic carbocycles. The molecule has 2 heterocycles. The molecule has 1 saturated heterocycles. The lowest BCUT2D eigenvalue weighted by Gasteiger charge is -2.22. The monoisotopic (exact) mass is 212 g/mol. The number of hydrogen-bond acceptors (Lipinski definition) is 5. The van der Waals surface area contributed by atoms with Gasteiger partial charge >= 0.3 is 0 Å². The van der Waals surface area contributed by atoms with Crippen molar-refractivity contribution in [2.75, 3.05) is 25.0 Å². The Kier molecular flexibility index (Phi) is 2.98. The maximum atomic E-state index is 4.20. The third-order valence-electron chi connectivity index (χ3n) is 2.58. The second-order valence-corrected chi connectivity index (χ2v) is 4.81. The van der Waals surface area contributed by atoms with Crippen LogP contribution in [0.15, 0.2) is 0 Å². The molecule has 0 saturated carbocycles. The van der Waals surface area contributed by atoms with Crippen LogP contribution < -0.4 is 10.2 Å². The van der Waals surface area contributed by atoms with E-state index in [9.17, 15) is 0 Å². The first kappa shape index (κ1) is 9.86. The molecule has 1 fully saturated rings. The van der Waals surface area contributed by atoms with E-state index in [1.54, 1.807) is 11.3 Å². The zero-order valence-electron chi connectivity index (χ0n) is 8.66. The van der Waals surface area contributed by atoms with Crippen molar-refractivity contribution >= 4 is 16.5 Å². The van der Waals surface area contributed by atoms with Gasteiger partial charge in [-0.3, -0.25) is 0 Å². The topological polar surface area (TPSA) is 41.0 Å². The molecule has 1 aromatic rings. The van der Waals surface area contributed by atoms with Crippen LogP contribution in [0.4, 0.5) is 5.13 Å². The molecule has 1 atom stereocenters. The number of anilines is 1. The van der Waals surface area contributed by atoms with Gasteiger partial charge < -0.3 is 10.2 Å². The fourth-order valence-corrected chi connectivity index (χ4v) is 2.72. The first-order valence-electron chi connectivity index (χ1n) is 5.02. The standard InChI is InChI=1S/C9H16N4S/c1-7-11-12-9(14-7)13-5-3-4-8(13)6-10-2/h8,10H,3-6H2,1-2H3. The average molecular weight is 212 g/mol. The Morgan fingerprint density at radius 3 is 3.07 bits per heavy atom. The highest BCUT2D eigenvalue weighted by molar-refractivity contribution is 7.15. The summed E-state index contributed by atoms with van der Waals surface area (Å²) in [5.74, 6) is 0. The third-order valence-corrected chi connectivity index (χ3v) is 3.45. The molecule has 0 aliphatic carbocycles. The van der Waals surface area contributed by atoms with Crippen LogP contribution >= 0.6 is 11.3 Å². The van der Waals surface area contributed by atoms with Crippen molar-refractivity contribution in [2.24, 2.45) is 0 Å². The van der Waals surface area contributed by atoms with E-state index in [-0.39, 0.29) is 0 Å². The molecule has 1 N–H and O–H groups in total. The molecule has 0 spiro atoms. The second-order valence-electron chi connectivity index (χ2n) is 3.65. The van der Waals surface area contributed by atoms with Crippen LogP contribution in [0.25, 0.3) is 0 Å². The summed E-state index contributed by atoms with van der Waals surface area (Å²) >= 11 is 1.69. The predicted octanol–water partition coefficient (Wildman–Crippen LogP) is 1.03. The van der Waals surface area contributed by atoms with Crippen LogP contribution in [0.1, 0.15) is 17.8 Å². The fraction of sp³-hybridized carbons (Fsp3) is 0.778. The summed E-state index contributed by atoms with van der Waals surface area (Å²) in [6.45, 7) is 4.17. The molecule has 4 nitrogen and oxygen atoms in total. The quantitative estimate of drug-likeness (QED) is 0.812. The first-order valence-corrected chi connectivity index (χ1v) is 5.84. The zero-order chi connectivity index (χ0) is 9.97. The maximum absolute atomic E-state index is 4.20. The van der Waals surface area contributed by atoms with Crippen LogP contribution in [0.5, 0.6) is 0 Å². The van der Waals surface area contributed by atoms with E-state index in [0.29, 0.717) is 6.04 Å². The highest BCUT2D eigenvalue weighted by atomic mass is 32.1. The normalized spacial score (nSPS) is 21.9. The van der Waals surface area contributed by atoms with Crippen LogP contribution in [-0.2, 0) is 0 Å². The van der Waals surface area contributed by atoms with E-state index < -0.39 is 0 Å². The Hall–Kier alpha value is -0.680. The Bertz CT molecular complexity index is 299. The van der Waals surface area contributed by atoms with E-state index in [1.807, 2.05) is 14.0 Å². The summed E-state index contributed by atoms with van der Waals surface area (Å²) in [6, 6.07) is 0.604. The number of aryl methyl sites for hydroxylation is 1. The number of nitrogens with one attached hydrogen (secondary N) is 1. The smallest absolute Gasteiger partial charge is 0.208 e. The van der Waals surface area contributed by atoms with Gasteiger partial charge in [0.25, 0.3) is 0 Å². The van der Waals surface area contributed by atoms with Gasteiger partial charge in [0, 0.05) is 19.1 Å². The van der Waals surface area contributed by atoms with E-state index in [4.69, 9.17) is 0 Å². The Labute approximate surface area is 88.3 Å². The van der Waals surface area contributed by atoms with E-state index in [0.717, 1.165) is 23.2 Å². The van der Waals surface area contributed by atoms with Gasteiger partial charge in [-0.25, -0.2) is 0 Å². The fourth-order valence-electron chi connectivity index (χ4n) is 1.94. The molecule has 14 heavy (non-hydrogen) atoms. The number of rotatable bonds is 3. The highest BCUT2D eigenvalue weighted by Crippen LogP contribution is 2.27. The van der Waals surface area contributed by atoms with Crippen molar-refractivity contribution < 1.29 is 0 Å². The molecule has 5 heteroatoms. The summed E-state index contributed by atoms with van der Waals surface area (Å²) in [7, 11) is 2.00. The largest absolute Gasteiger partial charge is 0.342 e. The van der Waals surface area contributed by atoms with Gasteiger partial charge in [0.15, 0.2) is 0 Å². The molecule has 2 rings (SSSR count). The molecular weight excluding hydrogens is 196 g/mol. The Morgan fingerprint density at radius 1 is 1.57 bits per heavy atom. The lowest BCUT2D eigenvalue weighted by molar-refractivity contribution is 0.613. The Morgan fingerprint density at radius 2 is 2.43 bits per heavy atom. The molecule has 1 aliphatic rings. The summed E-state index contributed by atoms with van der Waals surface area (Å²) < 4.78 is 0.